The summed E-state index contributed by atoms with van der Waals surface area (Å²) in [6.07, 6.45) is -19.1. The molecule has 0 bridgehead atoms. The molecule has 19 heavy (non-hydrogen) atoms. The third-order valence-electron chi connectivity index (χ3n) is 2.64. The average Bonchev–Trinajstić information content (AvgIpc) is 1.92. The van der Waals surface area contributed by atoms with Gasteiger partial charge in [0.15, 0.2) is 0 Å². The van der Waals surface area contributed by atoms with Crippen molar-refractivity contribution in [3.63, 3.8) is 0 Å². The second-order valence-corrected chi connectivity index (χ2v) is 4.20. The molecule has 0 rings (SSSR count). The third kappa shape index (κ3) is 2.39. The molecule has 1 unspecified atom stereocenters. The van der Waals surface area contributed by atoms with Crippen molar-refractivity contribution in [2.45, 2.75) is 38.0 Å². The van der Waals surface area contributed by atoms with E-state index in [9.17, 15) is 30.7 Å². The smallest absolute Gasteiger partial charge is 0.360 e. The lowest BCUT2D eigenvalue weighted by Crippen LogP contribution is -2.74. The first-order valence-electron chi connectivity index (χ1n) is 4.66. The van der Waals surface area contributed by atoms with Crippen LogP contribution in [0.15, 0.2) is 0 Å². The van der Waals surface area contributed by atoms with Crippen molar-refractivity contribution in [2.75, 3.05) is 0 Å². The van der Waals surface area contributed by atoms with Crippen LogP contribution in [0.2, 0.25) is 0 Å². The predicted octanol–water partition coefficient (Wildman–Crippen LogP) is 1.04. The Hall–Kier alpha value is -0.650. The molecular formula is C8H11F7O4. The summed E-state index contributed by atoms with van der Waals surface area (Å²) in [5, 5.41) is 33.4. The van der Waals surface area contributed by atoms with Crippen LogP contribution in [-0.4, -0.2) is 44.6 Å². The summed E-state index contributed by atoms with van der Waals surface area (Å²) in [5.41, 5.74) is -6.21. The van der Waals surface area contributed by atoms with Gasteiger partial charge in [-0.2, -0.15) is 26.3 Å². The fourth-order valence-electron chi connectivity index (χ4n) is 1.61. The largest absolute Gasteiger partial charge is 0.381 e. The second-order valence-electron chi connectivity index (χ2n) is 4.20. The van der Waals surface area contributed by atoms with Crippen LogP contribution in [-0.2, 0) is 0 Å². The van der Waals surface area contributed by atoms with E-state index < -0.39 is 35.5 Å². The quantitative estimate of drug-likeness (QED) is 0.572. The van der Waals surface area contributed by atoms with Crippen LogP contribution in [0.1, 0.15) is 13.8 Å². The normalized spacial score (nSPS) is 18.6. The van der Waals surface area contributed by atoms with Gasteiger partial charge in [-0.25, -0.2) is 4.39 Å². The minimum atomic E-state index is -6.38. The number of rotatable bonds is 5. The molecule has 0 radical (unpaired) electrons. The van der Waals surface area contributed by atoms with E-state index in [1.165, 1.54) is 0 Å². The topological polar surface area (TPSA) is 80.9 Å². The molecule has 0 aromatic carbocycles. The molecule has 0 saturated carbocycles. The molecule has 1 atom stereocenters. The summed E-state index contributed by atoms with van der Waals surface area (Å²) in [4.78, 5) is 0. The van der Waals surface area contributed by atoms with Crippen molar-refractivity contribution in [3.8, 4) is 0 Å². The molecule has 4 nitrogen and oxygen atoms in total. The zero-order chi connectivity index (χ0) is 16.1. The molecule has 0 fully saturated rings. The van der Waals surface area contributed by atoms with Crippen LogP contribution in [0.3, 0.4) is 0 Å². The van der Waals surface area contributed by atoms with Crippen molar-refractivity contribution >= 4 is 0 Å². The van der Waals surface area contributed by atoms with E-state index in [-0.39, 0.29) is 0 Å². The zero-order valence-electron chi connectivity index (χ0n) is 9.51. The van der Waals surface area contributed by atoms with Gasteiger partial charge in [-0.3, -0.25) is 0 Å². The van der Waals surface area contributed by atoms with Crippen molar-refractivity contribution in [3.05, 3.63) is 0 Å². The molecule has 116 valence electrons. The molecule has 0 aliphatic carbocycles. The highest BCUT2D eigenvalue weighted by molar-refractivity contribution is 5.08. The molecule has 4 N–H and O–H groups in total. The minimum Gasteiger partial charge on any atom is -0.360 e. The maximum atomic E-state index is 13.7. The van der Waals surface area contributed by atoms with Gasteiger partial charge >= 0.3 is 18.3 Å². The Morgan fingerprint density at radius 3 is 0.895 bits per heavy atom. The van der Waals surface area contributed by atoms with Gasteiger partial charge in [-0.15, -0.1) is 0 Å². The van der Waals surface area contributed by atoms with Crippen molar-refractivity contribution in [1.82, 2.24) is 0 Å². The van der Waals surface area contributed by atoms with E-state index in [0.29, 0.717) is 13.8 Å². The van der Waals surface area contributed by atoms with Crippen LogP contribution in [0.4, 0.5) is 30.7 Å². The van der Waals surface area contributed by atoms with E-state index >= 15 is 0 Å². The Bertz CT molecular complexity index is 289. The van der Waals surface area contributed by atoms with Crippen LogP contribution >= 0.6 is 0 Å². The molecule has 11 heteroatoms. The highest BCUT2D eigenvalue weighted by atomic mass is 19.3. The predicted molar refractivity (Wildman–Crippen MR) is 44.8 cm³/mol. The van der Waals surface area contributed by atoms with Crippen molar-refractivity contribution in [2.24, 2.45) is 11.3 Å². The molecule has 0 spiro atoms. The fourth-order valence-corrected chi connectivity index (χ4v) is 1.61. The zero-order valence-corrected chi connectivity index (χ0v) is 9.51. The Kier molecular flexibility index (Phi) is 4.28. The molecule has 0 amide bonds. The van der Waals surface area contributed by atoms with Gasteiger partial charge in [0.05, 0.1) is 0 Å². The average molecular weight is 304 g/mol. The molecule has 0 heterocycles. The van der Waals surface area contributed by atoms with Crippen LogP contribution in [0.25, 0.3) is 0 Å². The first-order valence-corrected chi connectivity index (χ1v) is 4.66. The molecule has 0 aliphatic rings. The number of aliphatic hydroxyl groups is 4. The van der Waals surface area contributed by atoms with E-state index in [1.807, 2.05) is 0 Å². The fraction of sp³-hybridized carbons (Fsp3) is 1.00. The molecule has 0 aliphatic heterocycles. The molecule has 0 aromatic heterocycles. The minimum absolute atomic E-state index is 0.429. The SMILES string of the molecule is CC(C)C(O)(F)C(C(O)(F)F)(C(O)(F)F)C(O)(F)F. The number of hydrogen-bond donors (Lipinski definition) is 4. The maximum absolute atomic E-state index is 13.7. The lowest BCUT2D eigenvalue weighted by molar-refractivity contribution is -0.530. The van der Waals surface area contributed by atoms with Crippen LogP contribution < -0.4 is 0 Å². The summed E-state index contributed by atoms with van der Waals surface area (Å²) >= 11 is 0. The third-order valence-corrected chi connectivity index (χ3v) is 2.64. The Labute approximate surface area is 102 Å². The van der Waals surface area contributed by atoms with Gasteiger partial charge in [-0.05, 0) is 0 Å². The van der Waals surface area contributed by atoms with Gasteiger partial charge in [0.25, 0.3) is 5.41 Å². The molecule has 0 saturated heterocycles. The van der Waals surface area contributed by atoms with Crippen LogP contribution in [0, 0.1) is 11.3 Å². The molecular weight excluding hydrogens is 293 g/mol. The summed E-state index contributed by atoms with van der Waals surface area (Å²) < 4.78 is 90.2. The van der Waals surface area contributed by atoms with E-state index in [2.05, 4.69) is 0 Å². The highest BCUT2D eigenvalue weighted by Gasteiger charge is 2.90. The van der Waals surface area contributed by atoms with Crippen molar-refractivity contribution < 1.29 is 51.2 Å². The Balaban J connectivity index is 6.63. The monoisotopic (exact) mass is 304 g/mol. The number of alkyl halides is 7. The lowest BCUT2D eigenvalue weighted by Gasteiger charge is -2.48. The first kappa shape index (κ1) is 18.4. The second kappa shape index (κ2) is 4.43. The van der Waals surface area contributed by atoms with Gasteiger partial charge < -0.3 is 20.4 Å². The van der Waals surface area contributed by atoms with E-state index in [1.54, 1.807) is 0 Å². The van der Waals surface area contributed by atoms with Gasteiger partial charge in [0, 0.05) is 5.92 Å². The van der Waals surface area contributed by atoms with Gasteiger partial charge in [-0.1, -0.05) is 13.8 Å². The first-order chi connectivity index (χ1) is 7.94. The van der Waals surface area contributed by atoms with Crippen molar-refractivity contribution in [1.29, 1.82) is 0 Å². The van der Waals surface area contributed by atoms with Gasteiger partial charge in [0.1, 0.15) is 0 Å². The highest BCUT2D eigenvalue weighted by Crippen LogP contribution is 2.62. The summed E-state index contributed by atoms with van der Waals surface area (Å²) in [6, 6.07) is 0. The maximum Gasteiger partial charge on any atom is 0.381 e. The summed E-state index contributed by atoms with van der Waals surface area (Å²) in [5.74, 6) is -7.61. The lowest BCUT2D eigenvalue weighted by atomic mass is 9.71. The van der Waals surface area contributed by atoms with E-state index in [4.69, 9.17) is 20.4 Å². The Morgan fingerprint density at radius 2 is 0.842 bits per heavy atom. The summed E-state index contributed by atoms with van der Waals surface area (Å²) in [7, 11) is 0. The summed E-state index contributed by atoms with van der Waals surface area (Å²) in [6.45, 7) is 0.857. The van der Waals surface area contributed by atoms with E-state index in [0.717, 1.165) is 0 Å². The number of halogens is 7. The number of hydrogen-bond acceptors (Lipinski definition) is 4. The van der Waals surface area contributed by atoms with Crippen LogP contribution in [0.5, 0.6) is 0 Å². The Morgan fingerprint density at radius 1 is 0.632 bits per heavy atom. The molecule has 0 aromatic rings. The standard InChI is InChI=1S/C8H11F7O4/c1-3(2)4(9,16)5(6(10,11)17,7(12,13)18)8(14,15)19/h3,16-19H,1-2H3. The van der Waals surface area contributed by atoms with Gasteiger partial charge in [0.2, 0.25) is 5.85 Å².